The van der Waals surface area contributed by atoms with E-state index in [0.717, 1.165) is 10.8 Å². The molecule has 0 aliphatic carbocycles. The zero-order valence-electron chi connectivity index (χ0n) is 13.2. The second kappa shape index (κ2) is 6.61. The topological polar surface area (TPSA) is 117 Å². The van der Waals surface area contributed by atoms with E-state index >= 15 is 0 Å². The Balaban J connectivity index is 1.82. The molecule has 0 saturated carbocycles. The van der Waals surface area contributed by atoms with Gasteiger partial charge in [0.1, 0.15) is 6.10 Å². The van der Waals surface area contributed by atoms with E-state index in [-0.39, 0.29) is 0 Å². The lowest BCUT2D eigenvalue weighted by Gasteiger charge is -2.19. The third-order valence-corrected chi connectivity index (χ3v) is 3.91. The highest BCUT2D eigenvalue weighted by Crippen LogP contribution is 2.31. The van der Waals surface area contributed by atoms with Crippen LogP contribution in [0.1, 0.15) is 23.5 Å². The van der Waals surface area contributed by atoms with Gasteiger partial charge in [0.05, 0.1) is 17.9 Å². The lowest BCUT2D eigenvalue weighted by molar-refractivity contribution is -0.0357. The molecule has 0 amide bonds. The number of esters is 1. The number of hydrogen-bond acceptors (Lipinski definition) is 7. The van der Waals surface area contributed by atoms with E-state index in [1.54, 1.807) is 37.3 Å². The number of benzene rings is 1. The quantitative estimate of drug-likeness (QED) is 0.774. The van der Waals surface area contributed by atoms with Gasteiger partial charge in [0, 0.05) is 0 Å². The number of nitrogen functional groups attached to an aromatic ring is 1. The minimum Gasteiger partial charge on any atom is -0.453 e. The fourth-order valence-corrected chi connectivity index (χ4v) is 2.62. The summed E-state index contributed by atoms with van der Waals surface area (Å²) >= 11 is 0. The number of ether oxygens (including phenoxy) is 2. The Morgan fingerprint density at radius 2 is 2.08 bits per heavy atom. The van der Waals surface area contributed by atoms with Crippen LogP contribution < -0.4 is 11.4 Å². The van der Waals surface area contributed by atoms with Gasteiger partial charge in [0.2, 0.25) is 0 Å². The van der Waals surface area contributed by atoms with Crippen molar-refractivity contribution in [1.82, 2.24) is 9.55 Å². The normalized spacial score (nSPS) is 25.7. The highest BCUT2D eigenvalue weighted by Gasteiger charge is 2.45. The number of carbonyl (C=O) groups is 1. The third-order valence-electron chi connectivity index (χ3n) is 3.91. The van der Waals surface area contributed by atoms with Gasteiger partial charge in [-0.3, -0.25) is 4.57 Å². The number of nitrogens with two attached hydrogens (primary N) is 1. The fraction of sp³-hybridized carbons (Fsp3) is 0.312. The zero-order valence-corrected chi connectivity index (χ0v) is 13.2. The first-order valence-electron chi connectivity index (χ1n) is 7.52. The van der Waals surface area contributed by atoms with Crippen LogP contribution in [0.4, 0.5) is 10.2 Å². The van der Waals surface area contributed by atoms with Crippen molar-refractivity contribution in [2.24, 2.45) is 0 Å². The summed E-state index contributed by atoms with van der Waals surface area (Å²) in [7, 11) is 0. The molecule has 0 spiro atoms. The van der Waals surface area contributed by atoms with Crippen molar-refractivity contribution in [1.29, 1.82) is 0 Å². The molecule has 1 aliphatic rings. The Morgan fingerprint density at radius 1 is 1.40 bits per heavy atom. The third kappa shape index (κ3) is 3.24. The molecule has 1 fully saturated rings. The van der Waals surface area contributed by atoms with E-state index in [1.165, 1.54) is 0 Å². The molecule has 1 aliphatic heterocycles. The maximum atomic E-state index is 13.6. The summed E-state index contributed by atoms with van der Waals surface area (Å²) < 4.78 is 25.1. The molecule has 2 unspecified atom stereocenters. The number of aliphatic hydroxyl groups excluding tert-OH is 1. The van der Waals surface area contributed by atoms with E-state index < -0.39 is 47.8 Å². The predicted molar refractivity (Wildman–Crippen MR) is 84.1 cm³/mol. The van der Waals surface area contributed by atoms with Gasteiger partial charge in [-0.05, 0) is 19.1 Å². The first-order chi connectivity index (χ1) is 11.9. The van der Waals surface area contributed by atoms with Crippen molar-refractivity contribution in [2.45, 2.75) is 31.5 Å². The number of anilines is 1. The number of nitrogens with zero attached hydrogens (tertiary/aromatic N) is 2. The summed E-state index contributed by atoms with van der Waals surface area (Å²) in [5.41, 5.74) is 4.66. The molecule has 3 N–H and O–H groups in total. The largest absolute Gasteiger partial charge is 0.453 e. The standard InChI is InChI=1S/C16H16FN3O5/c1-8-12(25-15(22)9-5-3-2-4-6-9)11(21)14(24-8)20-7-10(17)13(18)19-16(20)23/h2-8,11-12,14,21H,1H3,(H2,18,19,23)/t8-,11?,12?,14-/m1/s1. The molecule has 1 aromatic carbocycles. The maximum absolute atomic E-state index is 13.6. The fourth-order valence-electron chi connectivity index (χ4n) is 2.62. The van der Waals surface area contributed by atoms with Crippen molar-refractivity contribution >= 4 is 11.8 Å². The van der Waals surface area contributed by atoms with Gasteiger partial charge in [-0.15, -0.1) is 0 Å². The van der Waals surface area contributed by atoms with Gasteiger partial charge in [0.15, 0.2) is 24.0 Å². The number of hydrogen-bond donors (Lipinski definition) is 2. The molecule has 0 bridgehead atoms. The van der Waals surface area contributed by atoms with E-state index in [4.69, 9.17) is 15.2 Å². The molecule has 25 heavy (non-hydrogen) atoms. The van der Waals surface area contributed by atoms with Crippen LogP contribution in [0.5, 0.6) is 0 Å². The highest BCUT2D eigenvalue weighted by atomic mass is 19.1. The molecular formula is C16H16FN3O5. The Hall–Kier alpha value is -2.78. The maximum Gasteiger partial charge on any atom is 0.351 e. The van der Waals surface area contributed by atoms with Crippen LogP contribution in [0.2, 0.25) is 0 Å². The van der Waals surface area contributed by atoms with Crippen LogP contribution in [0, 0.1) is 5.82 Å². The SMILES string of the molecule is C[C@H]1O[C@@H](n2cc(F)c(N)nc2=O)C(O)C1OC(=O)c1ccccc1. The predicted octanol–water partition coefficient (Wildman–Crippen LogP) is 0.468. The lowest BCUT2D eigenvalue weighted by atomic mass is 10.1. The van der Waals surface area contributed by atoms with E-state index in [1.807, 2.05) is 0 Å². The van der Waals surface area contributed by atoms with E-state index in [9.17, 15) is 19.1 Å². The van der Waals surface area contributed by atoms with Crippen molar-refractivity contribution in [3.63, 3.8) is 0 Å². The number of carbonyl (C=O) groups excluding carboxylic acids is 1. The molecule has 3 rings (SSSR count). The van der Waals surface area contributed by atoms with Crippen LogP contribution in [0.3, 0.4) is 0 Å². The van der Waals surface area contributed by atoms with Crippen molar-refractivity contribution in [2.75, 3.05) is 5.73 Å². The average Bonchev–Trinajstić information content (AvgIpc) is 2.87. The Labute approximate surface area is 141 Å². The number of halogens is 1. The smallest absolute Gasteiger partial charge is 0.351 e. The second-order valence-corrected chi connectivity index (χ2v) is 5.62. The molecule has 1 saturated heterocycles. The van der Waals surface area contributed by atoms with Crippen molar-refractivity contribution in [3.8, 4) is 0 Å². The molecule has 2 heterocycles. The zero-order chi connectivity index (χ0) is 18.1. The Morgan fingerprint density at radius 3 is 2.76 bits per heavy atom. The molecule has 0 radical (unpaired) electrons. The lowest BCUT2D eigenvalue weighted by Crippen LogP contribution is -2.38. The van der Waals surface area contributed by atoms with Crippen LogP contribution in [-0.4, -0.2) is 38.9 Å². The summed E-state index contributed by atoms with van der Waals surface area (Å²) in [4.78, 5) is 27.4. The molecular weight excluding hydrogens is 333 g/mol. The number of rotatable bonds is 3. The summed E-state index contributed by atoms with van der Waals surface area (Å²) in [6.07, 6.45) is -3.60. The Kier molecular flexibility index (Phi) is 4.51. The second-order valence-electron chi connectivity index (χ2n) is 5.62. The first kappa shape index (κ1) is 17.1. The molecule has 132 valence electrons. The van der Waals surface area contributed by atoms with Crippen LogP contribution >= 0.6 is 0 Å². The molecule has 8 nitrogen and oxygen atoms in total. The average molecular weight is 349 g/mol. The highest BCUT2D eigenvalue weighted by molar-refractivity contribution is 5.89. The summed E-state index contributed by atoms with van der Waals surface area (Å²) in [6.45, 7) is 1.57. The minimum absolute atomic E-state index is 0.308. The molecule has 1 aromatic heterocycles. The number of aromatic nitrogens is 2. The molecule has 4 atom stereocenters. The first-order valence-corrected chi connectivity index (χ1v) is 7.52. The summed E-state index contributed by atoms with van der Waals surface area (Å²) in [5.74, 6) is -2.11. The van der Waals surface area contributed by atoms with Crippen LogP contribution in [0.15, 0.2) is 41.3 Å². The summed E-state index contributed by atoms with van der Waals surface area (Å²) in [6, 6.07) is 8.23. The van der Waals surface area contributed by atoms with Gasteiger partial charge < -0.3 is 20.3 Å². The van der Waals surface area contributed by atoms with Crippen LogP contribution in [0.25, 0.3) is 0 Å². The summed E-state index contributed by atoms with van der Waals surface area (Å²) in [5, 5.41) is 10.4. The van der Waals surface area contributed by atoms with Gasteiger partial charge >= 0.3 is 11.7 Å². The van der Waals surface area contributed by atoms with Gasteiger partial charge in [-0.1, -0.05) is 18.2 Å². The van der Waals surface area contributed by atoms with Gasteiger partial charge in [-0.25, -0.2) is 14.0 Å². The molecule has 2 aromatic rings. The van der Waals surface area contributed by atoms with Gasteiger partial charge in [-0.2, -0.15) is 4.98 Å². The minimum atomic E-state index is -1.38. The number of aliphatic hydroxyl groups is 1. The van der Waals surface area contributed by atoms with Crippen molar-refractivity contribution in [3.05, 3.63) is 58.4 Å². The monoisotopic (exact) mass is 349 g/mol. The van der Waals surface area contributed by atoms with Crippen LogP contribution in [-0.2, 0) is 9.47 Å². The van der Waals surface area contributed by atoms with Gasteiger partial charge in [0.25, 0.3) is 0 Å². The molecule has 9 heteroatoms. The Bertz CT molecular complexity index is 841. The van der Waals surface area contributed by atoms with E-state index in [2.05, 4.69) is 4.98 Å². The van der Waals surface area contributed by atoms with Crippen molar-refractivity contribution < 1.29 is 23.8 Å². The van der Waals surface area contributed by atoms with E-state index in [0.29, 0.717) is 5.56 Å².